The lowest BCUT2D eigenvalue weighted by Crippen LogP contribution is -2.16. The van der Waals surface area contributed by atoms with Gasteiger partial charge in [-0.25, -0.2) is 4.79 Å². The van der Waals surface area contributed by atoms with Gasteiger partial charge in [0.25, 0.3) is 0 Å². The zero-order valence-corrected chi connectivity index (χ0v) is 10.6. The molecule has 0 atom stereocenters. The summed E-state index contributed by atoms with van der Waals surface area (Å²) >= 11 is 0. The van der Waals surface area contributed by atoms with Crippen LogP contribution in [-0.4, -0.2) is 29.6 Å². The Balaban J connectivity index is 1.86. The highest BCUT2D eigenvalue weighted by molar-refractivity contribution is 5.85. The topological polar surface area (TPSA) is 65.4 Å². The van der Waals surface area contributed by atoms with E-state index >= 15 is 0 Å². The van der Waals surface area contributed by atoms with Crippen LogP contribution in [-0.2, 0) is 11.3 Å². The van der Waals surface area contributed by atoms with Gasteiger partial charge in [0.15, 0.2) is 0 Å². The molecule has 0 aliphatic heterocycles. The van der Waals surface area contributed by atoms with E-state index in [1.165, 1.54) is 0 Å². The third kappa shape index (κ3) is 4.11. The first-order valence-corrected chi connectivity index (χ1v) is 5.83. The summed E-state index contributed by atoms with van der Waals surface area (Å²) < 4.78 is 11.7. The molecule has 1 aromatic heterocycles. The van der Waals surface area contributed by atoms with Crippen LogP contribution in [0.4, 0.5) is 10.5 Å². The smallest absolute Gasteiger partial charge is 0.410 e. The molecule has 0 radical (unpaired) electrons. The summed E-state index contributed by atoms with van der Waals surface area (Å²) in [5, 5.41) is 6.68. The van der Waals surface area contributed by atoms with Crippen molar-refractivity contribution in [3.63, 3.8) is 0 Å². The van der Waals surface area contributed by atoms with Crippen LogP contribution < -0.4 is 10.1 Å². The Morgan fingerprint density at radius 1 is 1.37 bits per heavy atom. The maximum absolute atomic E-state index is 11.6. The van der Waals surface area contributed by atoms with Crippen LogP contribution in [0.5, 0.6) is 5.75 Å². The number of carbonyl (C=O) groups is 1. The van der Waals surface area contributed by atoms with Crippen molar-refractivity contribution in [3.8, 4) is 5.75 Å². The molecule has 0 spiro atoms. The predicted molar refractivity (Wildman–Crippen MR) is 70.2 cm³/mol. The van der Waals surface area contributed by atoms with Crippen molar-refractivity contribution < 1.29 is 14.3 Å². The van der Waals surface area contributed by atoms with Gasteiger partial charge in [-0.15, -0.1) is 0 Å². The lowest BCUT2D eigenvalue weighted by atomic mass is 10.3. The summed E-state index contributed by atoms with van der Waals surface area (Å²) in [6, 6.07) is 8.87. The van der Waals surface area contributed by atoms with Gasteiger partial charge in [0, 0.05) is 13.3 Å². The number of rotatable bonds is 5. The molecule has 0 fully saturated rings. The highest BCUT2D eigenvalue weighted by Crippen LogP contribution is 2.10. The van der Waals surface area contributed by atoms with E-state index in [1.807, 2.05) is 6.07 Å². The van der Waals surface area contributed by atoms with Gasteiger partial charge >= 0.3 is 6.09 Å². The van der Waals surface area contributed by atoms with Gasteiger partial charge in [-0.05, 0) is 12.1 Å². The minimum Gasteiger partial charge on any atom is -0.410 e. The highest BCUT2D eigenvalue weighted by atomic mass is 16.6. The third-order valence-electron chi connectivity index (χ3n) is 2.36. The second-order valence-corrected chi connectivity index (χ2v) is 3.81. The molecule has 1 heterocycles. The Kier molecular flexibility index (Phi) is 4.52. The first-order chi connectivity index (χ1) is 9.28. The zero-order valence-electron chi connectivity index (χ0n) is 10.6. The minimum absolute atomic E-state index is 0.492. The van der Waals surface area contributed by atoms with E-state index < -0.39 is 6.09 Å². The van der Waals surface area contributed by atoms with Gasteiger partial charge in [-0.2, -0.15) is 5.10 Å². The first kappa shape index (κ1) is 13.1. The highest BCUT2D eigenvalue weighted by Gasteiger charge is 2.06. The van der Waals surface area contributed by atoms with Gasteiger partial charge in [0.05, 0.1) is 25.0 Å². The fourth-order valence-electron chi connectivity index (χ4n) is 1.47. The normalized spacial score (nSPS) is 10.2. The molecular formula is C13H15N3O3. The molecule has 0 bridgehead atoms. The molecule has 0 saturated carbocycles. The Morgan fingerprint density at radius 2 is 2.16 bits per heavy atom. The lowest BCUT2D eigenvalue weighted by Gasteiger charge is -2.04. The summed E-state index contributed by atoms with van der Waals surface area (Å²) in [4.78, 5) is 11.6. The number of anilines is 1. The fraction of sp³-hybridized carbons (Fsp3) is 0.231. The van der Waals surface area contributed by atoms with E-state index in [9.17, 15) is 4.79 Å². The van der Waals surface area contributed by atoms with Gasteiger partial charge in [-0.3, -0.25) is 10.00 Å². The average Bonchev–Trinajstić information content (AvgIpc) is 2.85. The monoisotopic (exact) mass is 261 g/mol. The van der Waals surface area contributed by atoms with Crippen LogP contribution in [0.25, 0.3) is 0 Å². The van der Waals surface area contributed by atoms with E-state index in [4.69, 9.17) is 9.47 Å². The molecule has 1 amide bonds. The van der Waals surface area contributed by atoms with Crippen LogP contribution >= 0.6 is 0 Å². The number of methoxy groups -OCH3 is 1. The maximum atomic E-state index is 11.6. The molecule has 0 aliphatic carbocycles. The van der Waals surface area contributed by atoms with E-state index in [0.29, 0.717) is 24.6 Å². The number of carbonyl (C=O) groups excluding carboxylic acids is 1. The quantitative estimate of drug-likeness (QED) is 0.895. The van der Waals surface area contributed by atoms with E-state index in [2.05, 4.69) is 10.4 Å². The largest absolute Gasteiger partial charge is 0.417 e. The number of amides is 1. The third-order valence-corrected chi connectivity index (χ3v) is 2.36. The van der Waals surface area contributed by atoms with Gasteiger partial charge in [0.1, 0.15) is 5.75 Å². The Hall–Kier alpha value is -2.34. The molecule has 0 saturated heterocycles. The fourth-order valence-corrected chi connectivity index (χ4v) is 1.47. The van der Waals surface area contributed by atoms with Crippen molar-refractivity contribution in [1.29, 1.82) is 0 Å². The molecule has 19 heavy (non-hydrogen) atoms. The molecule has 2 rings (SSSR count). The van der Waals surface area contributed by atoms with E-state index in [1.54, 1.807) is 48.5 Å². The first-order valence-electron chi connectivity index (χ1n) is 5.83. The molecule has 6 heteroatoms. The summed E-state index contributed by atoms with van der Waals surface area (Å²) in [7, 11) is 1.62. The van der Waals surface area contributed by atoms with Crippen LogP contribution in [0.15, 0.2) is 42.7 Å². The molecule has 2 aromatic rings. The SMILES string of the molecule is COCCn1cc(NC(=O)Oc2ccccc2)cn1. The second-order valence-electron chi connectivity index (χ2n) is 3.81. The molecule has 1 N–H and O–H groups in total. The Morgan fingerprint density at radius 3 is 2.89 bits per heavy atom. The number of nitrogens with one attached hydrogen (secondary N) is 1. The number of benzene rings is 1. The van der Waals surface area contributed by atoms with Crippen molar-refractivity contribution in [2.45, 2.75) is 6.54 Å². The summed E-state index contributed by atoms with van der Waals surface area (Å²) in [6.07, 6.45) is 2.73. The molecule has 0 aliphatic rings. The summed E-state index contributed by atoms with van der Waals surface area (Å²) in [5.41, 5.74) is 0.581. The number of para-hydroxylation sites is 1. The summed E-state index contributed by atoms with van der Waals surface area (Å²) in [6.45, 7) is 1.20. The second kappa shape index (κ2) is 6.55. The number of ether oxygens (including phenoxy) is 2. The number of nitrogens with zero attached hydrogens (tertiary/aromatic N) is 2. The van der Waals surface area contributed by atoms with Crippen molar-refractivity contribution in [1.82, 2.24) is 9.78 Å². The summed E-state index contributed by atoms with van der Waals surface area (Å²) in [5.74, 6) is 0.492. The molecule has 100 valence electrons. The lowest BCUT2D eigenvalue weighted by molar-refractivity contribution is 0.183. The Bertz CT molecular complexity index is 525. The minimum atomic E-state index is -0.544. The molecular weight excluding hydrogens is 246 g/mol. The Labute approximate surface area is 110 Å². The van der Waals surface area contributed by atoms with Crippen LogP contribution in [0.3, 0.4) is 0 Å². The maximum Gasteiger partial charge on any atom is 0.417 e. The van der Waals surface area contributed by atoms with Crippen molar-refractivity contribution in [2.24, 2.45) is 0 Å². The predicted octanol–water partition coefficient (Wildman–Crippen LogP) is 2.14. The molecule has 6 nitrogen and oxygen atoms in total. The van der Waals surface area contributed by atoms with Gasteiger partial charge < -0.3 is 9.47 Å². The average molecular weight is 261 g/mol. The number of hydrogen-bond donors (Lipinski definition) is 1. The van der Waals surface area contributed by atoms with Gasteiger partial charge in [-0.1, -0.05) is 18.2 Å². The van der Waals surface area contributed by atoms with Crippen molar-refractivity contribution >= 4 is 11.8 Å². The van der Waals surface area contributed by atoms with Gasteiger partial charge in [0.2, 0.25) is 0 Å². The standard InChI is InChI=1S/C13H15N3O3/c1-18-8-7-16-10-11(9-14-16)15-13(17)19-12-5-3-2-4-6-12/h2-6,9-10H,7-8H2,1H3,(H,15,17). The van der Waals surface area contributed by atoms with Crippen molar-refractivity contribution in [2.75, 3.05) is 19.0 Å². The molecule has 0 unspecified atom stereocenters. The van der Waals surface area contributed by atoms with Crippen LogP contribution in [0, 0.1) is 0 Å². The van der Waals surface area contributed by atoms with Crippen molar-refractivity contribution in [3.05, 3.63) is 42.7 Å². The van der Waals surface area contributed by atoms with E-state index in [-0.39, 0.29) is 0 Å². The number of hydrogen-bond acceptors (Lipinski definition) is 4. The van der Waals surface area contributed by atoms with E-state index in [0.717, 1.165) is 0 Å². The van der Waals surface area contributed by atoms with Crippen LogP contribution in [0.2, 0.25) is 0 Å². The molecule has 1 aromatic carbocycles. The number of aromatic nitrogens is 2. The zero-order chi connectivity index (χ0) is 13.5. The van der Waals surface area contributed by atoms with Crippen LogP contribution in [0.1, 0.15) is 0 Å².